The normalized spacial score (nSPS) is 20.3. The van der Waals surface area contributed by atoms with Gasteiger partial charge in [0.2, 0.25) is 0 Å². The van der Waals surface area contributed by atoms with Crippen LogP contribution in [0.3, 0.4) is 0 Å². The predicted molar refractivity (Wildman–Crippen MR) is 84.0 cm³/mol. The number of aromatic nitrogens is 2. The van der Waals surface area contributed by atoms with Gasteiger partial charge in [0.25, 0.3) is 5.91 Å². The van der Waals surface area contributed by atoms with Gasteiger partial charge in [0.05, 0.1) is 12.5 Å². The molecule has 2 N–H and O–H groups in total. The van der Waals surface area contributed by atoms with Crippen molar-refractivity contribution in [1.82, 2.24) is 15.1 Å². The number of carbonyl (C=O) groups is 2. The third kappa shape index (κ3) is 3.59. The Morgan fingerprint density at radius 1 is 1.26 bits per heavy atom. The molecular formula is C17H19N3O3. The summed E-state index contributed by atoms with van der Waals surface area (Å²) >= 11 is 0. The lowest BCUT2D eigenvalue weighted by Gasteiger charge is -2.15. The number of carboxylic acids is 1. The van der Waals surface area contributed by atoms with Crippen LogP contribution in [0.15, 0.2) is 42.7 Å². The molecular weight excluding hydrogens is 294 g/mol. The lowest BCUT2D eigenvalue weighted by atomic mass is 10.1. The first-order valence-corrected chi connectivity index (χ1v) is 7.72. The number of hydrogen-bond donors (Lipinski definition) is 2. The van der Waals surface area contributed by atoms with Crippen LogP contribution in [-0.2, 0) is 11.3 Å². The van der Waals surface area contributed by atoms with Crippen LogP contribution in [-0.4, -0.2) is 32.8 Å². The third-order valence-corrected chi connectivity index (χ3v) is 4.27. The maximum absolute atomic E-state index is 12.5. The van der Waals surface area contributed by atoms with Crippen LogP contribution in [0.4, 0.5) is 0 Å². The van der Waals surface area contributed by atoms with Crippen LogP contribution < -0.4 is 5.32 Å². The van der Waals surface area contributed by atoms with Gasteiger partial charge in [-0.15, -0.1) is 0 Å². The third-order valence-electron chi connectivity index (χ3n) is 4.27. The highest BCUT2D eigenvalue weighted by molar-refractivity contribution is 5.95. The topological polar surface area (TPSA) is 84.2 Å². The van der Waals surface area contributed by atoms with Crippen molar-refractivity contribution in [3.8, 4) is 0 Å². The summed E-state index contributed by atoms with van der Waals surface area (Å²) in [5, 5.41) is 16.2. The molecule has 1 aliphatic rings. The van der Waals surface area contributed by atoms with E-state index in [-0.39, 0.29) is 17.9 Å². The number of amides is 1. The number of carbonyl (C=O) groups excluding carboxylic acids is 1. The molecule has 120 valence electrons. The van der Waals surface area contributed by atoms with Gasteiger partial charge in [-0.3, -0.25) is 14.3 Å². The van der Waals surface area contributed by atoms with Crippen LogP contribution in [0.5, 0.6) is 0 Å². The average Bonchev–Trinajstić information content (AvgIpc) is 3.19. The van der Waals surface area contributed by atoms with Gasteiger partial charge in [-0.05, 0) is 37.0 Å². The number of nitrogens with zero attached hydrogens (tertiary/aromatic N) is 2. The average molecular weight is 313 g/mol. The lowest BCUT2D eigenvalue weighted by molar-refractivity contribution is -0.141. The number of carboxylic acid groups (broad SMARTS) is 1. The van der Waals surface area contributed by atoms with Gasteiger partial charge in [-0.25, -0.2) is 0 Å². The molecule has 0 spiro atoms. The number of nitrogens with one attached hydrogen (secondary N) is 1. The van der Waals surface area contributed by atoms with Crippen LogP contribution in [0.25, 0.3) is 0 Å². The molecule has 3 rings (SSSR count). The lowest BCUT2D eigenvalue weighted by Crippen LogP contribution is -2.34. The second-order valence-corrected chi connectivity index (χ2v) is 5.88. The van der Waals surface area contributed by atoms with E-state index < -0.39 is 5.97 Å². The quantitative estimate of drug-likeness (QED) is 0.883. The second kappa shape index (κ2) is 6.64. The van der Waals surface area contributed by atoms with Crippen LogP contribution in [0, 0.1) is 5.92 Å². The number of rotatable bonds is 5. The van der Waals surface area contributed by atoms with Crippen LogP contribution >= 0.6 is 0 Å². The van der Waals surface area contributed by atoms with E-state index in [1.165, 1.54) is 0 Å². The van der Waals surface area contributed by atoms with E-state index in [1.807, 2.05) is 30.5 Å². The zero-order valence-corrected chi connectivity index (χ0v) is 12.7. The van der Waals surface area contributed by atoms with Crippen molar-refractivity contribution < 1.29 is 14.7 Å². The largest absolute Gasteiger partial charge is 0.481 e. The number of benzene rings is 1. The van der Waals surface area contributed by atoms with E-state index in [0.29, 0.717) is 31.4 Å². The molecule has 6 heteroatoms. The fraction of sp³-hybridized carbons (Fsp3) is 0.353. The maximum atomic E-state index is 12.5. The van der Waals surface area contributed by atoms with Crippen molar-refractivity contribution in [3.63, 3.8) is 0 Å². The number of aliphatic carboxylic acids is 1. The van der Waals surface area contributed by atoms with Crippen molar-refractivity contribution in [3.05, 3.63) is 53.9 Å². The fourth-order valence-electron chi connectivity index (χ4n) is 3.05. The number of hydrogen-bond acceptors (Lipinski definition) is 3. The van der Waals surface area contributed by atoms with E-state index in [1.54, 1.807) is 16.9 Å². The Morgan fingerprint density at radius 2 is 2.09 bits per heavy atom. The van der Waals surface area contributed by atoms with Gasteiger partial charge < -0.3 is 10.4 Å². The standard InChI is InChI=1S/C17H19N3O3/c21-16(19-14-7-6-12(10-14)17(22)23)15-5-2-1-4-13(15)11-20-9-3-8-18-20/h1-5,8-9,12,14H,6-7,10-11H2,(H,19,21)(H,22,23)/t12-,14+/m1/s1. The minimum Gasteiger partial charge on any atom is -0.481 e. The molecule has 1 aliphatic carbocycles. The molecule has 0 bridgehead atoms. The summed E-state index contributed by atoms with van der Waals surface area (Å²) in [6, 6.07) is 9.19. The predicted octanol–water partition coefficient (Wildman–Crippen LogP) is 1.91. The molecule has 1 heterocycles. The molecule has 2 atom stereocenters. The zero-order valence-electron chi connectivity index (χ0n) is 12.7. The summed E-state index contributed by atoms with van der Waals surface area (Å²) in [5.74, 6) is -1.27. The summed E-state index contributed by atoms with van der Waals surface area (Å²) in [7, 11) is 0. The SMILES string of the molecule is O=C(N[C@H]1CC[C@@H](C(=O)O)C1)c1ccccc1Cn1cccn1. The van der Waals surface area contributed by atoms with Crippen molar-refractivity contribution in [2.24, 2.45) is 5.92 Å². The highest BCUT2D eigenvalue weighted by atomic mass is 16.4. The zero-order chi connectivity index (χ0) is 16.2. The summed E-state index contributed by atoms with van der Waals surface area (Å²) in [5.41, 5.74) is 1.50. The maximum Gasteiger partial charge on any atom is 0.306 e. The molecule has 0 radical (unpaired) electrons. The molecule has 0 aliphatic heterocycles. The molecule has 2 aromatic rings. The van der Waals surface area contributed by atoms with E-state index in [2.05, 4.69) is 10.4 Å². The van der Waals surface area contributed by atoms with Gasteiger partial charge in [0.1, 0.15) is 0 Å². The van der Waals surface area contributed by atoms with Gasteiger partial charge in [-0.1, -0.05) is 18.2 Å². The summed E-state index contributed by atoms with van der Waals surface area (Å²) in [6.45, 7) is 0.527. The van der Waals surface area contributed by atoms with Crippen LogP contribution in [0.2, 0.25) is 0 Å². The summed E-state index contributed by atoms with van der Waals surface area (Å²) < 4.78 is 1.77. The van der Waals surface area contributed by atoms with Gasteiger partial charge in [-0.2, -0.15) is 5.10 Å². The van der Waals surface area contributed by atoms with Gasteiger partial charge in [0.15, 0.2) is 0 Å². The Bertz CT molecular complexity index is 697. The second-order valence-electron chi connectivity index (χ2n) is 5.88. The summed E-state index contributed by atoms with van der Waals surface area (Å²) in [6.07, 6.45) is 5.39. The van der Waals surface area contributed by atoms with Gasteiger partial charge in [0, 0.05) is 24.0 Å². The Labute approximate surface area is 134 Å². The molecule has 0 saturated heterocycles. The fourth-order valence-corrected chi connectivity index (χ4v) is 3.05. The van der Waals surface area contributed by atoms with E-state index in [0.717, 1.165) is 5.56 Å². The Hall–Kier alpha value is -2.63. The first-order chi connectivity index (χ1) is 11.1. The Kier molecular flexibility index (Phi) is 4.41. The van der Waals surface area contributed by atoms with E-state index >= 15 is 0 Å². The van der Waals surface area contributed by atoms with Crippen molar-refractivity contribution >= 4 is 11.9 Å². The first kappa shape index (κ1) is 15.3. The molecule has 1 amide bonds. The van der Waals surface area contributed by atoms with Crippen LogP contribution in [0.1, 0.15) is 35.2 Å². The van der Waals surface area contributed by atoms with Crippen molar-refractivity contribution in [2.45, 2.75) is 31.8 Å². The summed E-state index contributed by atoms with van der Waals surface area (Å²) in [4.78, 5) is 23.6. The highest BCUT2D eigenvalue weighted by Crippen LogP contribution is 2.26. The highest BCUT2D eigenvalue weighted by Gasteiger charge is 2.30. The van der Waals surface area contributed by atoms with E-state index in [4.69, 9.17) is 5.11 Å². The first-order valence-electron chi connectivity index (χ1n) is 7.72. The minimum atomic E-state index is -0.777. The smallest absolute Gasteiger partial charge is 0.306 e. The molecule has 1 aromatic carbocycles. The minimum absolute atomic E-state index is 0.0682. The van der Waals surface area contributed by atoms with Crippen molar-refractivity contribution in [2.75, 3.05) is 0 Å². The Morgan fingerprint density at radius 3 is 2.78 bits per heavy atom. The van der Waals surface area contributed by atoms with E-state index in [9.17, 15) is 9.59 Å². The van der Waals surface area contributed by atoms with Crippen molar-refractivity contribution in [1.29, 1.82) is 0 Å². The molecule has 1 saturated carbocycles. The molecule has 23 heavy (non-hydrogen) atoms. The monoisotopic (exact) mass is 313 g/mol. The molecule has 0 unspecified atom stereocenters. The Balaban J connectivity index is 1.69. The van der Waals surface area contributed by atoms with Gasteiger partial charge >= 0.3 is 5.97 Å². The molecule has 1 aromatic heterocycles. The molecule has 1 fully saturated rings. The molecule has 6 nitrogen and oxygen atoms in total.